The number of hydrogen-bond donors (Lipinski definition) is 1. The molecule has 1 aliphatic carbocycles. The van der Waals surface area contributed by atoms with Crippen LogP contribution in [0.2, 0.25) is 0 Å². The second kappa shape index (κ2) is 4.44. The minimum atomic E-state index is -1.000. The van der Waals surface area contributed by atoms with E-state index >= 15 is 0 Å². The molecule has 1 N–H and O–H groups in total. The maximum atomic E-state index is 11.2. The zero-order valence-corrected chi connectivity index (χ0v) is 10.4. The number of nitrogens with zero attached hydrogens (tertiary/aromatic N) is 3. The molecule has 0 radical (unpaired) electrons. The maximum Gasteiger partial charge on any atom is 0.339 e. The SMILES string of the molecule is O=C(O)c1cnn(-c2ccc([N+](=O)[O-])cc2)c1C1CC1. The molecule has 1 aromatic carbocycles. The molecule has 0 atom stereocenters. The zero-order valence-electron chi connectivity index (χ0n) is 10.4. The van der Waals surface area contributed by atoms with Crippen LogP contribution < -0.4 is 0 Å². The van der Waals surface area contributed by atoms with Crippen LogP contribution in [0.5, 0.6) is 0 Å². The van der Waals surface area contributed by atoms with E-state index in [9.17, 15) is 20.0 Å². The molecule has 20 heavy (non-hydrogen) atoms. The number of hydrogen-bond acceptors (Lipinski definition) is 4. The number of aromatic nitrogens is 2. The molecule has 0 bridgehead atoms. The van der Waals surface area contributed by atoms with E-state index in [4.69, 9.17) is 0 Å². The van der Waals surface area contributed by atoms with Crippen molar-refractivity contribution >= 4 is 11.7 Å². The highest BCUT2D eigenvalue weighted by Gasteiger charge is 2.32. The highest BCUT2D eigenvalue weighted by atomic mass is 16.6. The fraction of sp³-hybridized carbons (Fsp3) is 0.231. The monoisotopic (exact) mass is 273 g/mol. The first-order valence-corrected chi connectivity index (χ1v) is 6.14. The van der Waals surface area contributed by atoms with Gasteiger partial charge in [0.15, 0.2) is 0 Å². The summed E-state index contributed by atoms with van der Waals surface area (Å²) in [5, 5.41) is 23.9. The molecular formula is C13H11N3O4. The molecule has 0 unspecified atom stereocenters. The Bertz CT molecular complexity index is 686. The average molecular weight is 273 g/mol. The van der Waals surface area contributed by atoms with E-state index in [1.807, 2.05) is 0 Å². The number of aromatic carboxylic acids is 1. The minimum absolute atomic E-state index is 0.00710. The normalized spacial score (nSPS) is 14.2. The van der Waals surface area contributed by atoms with Crippen molar-refractivity contribution in [2.75, 3.05) is 0 Å². The number of benzene rings is 1. The van der Waals surface area contributed by atoms with Crippen LogP contribution in [0.15, 0.2) is 30.5 Å². The van der Waals surface area contributed by atoms with E-state index in [1.165, 1.54) is 18.3 Å². The van der Waals surface area contributed by atoms with Crippen LogP contribution in [-0.2, 0) is 0 Å². The van der Waals surface area contributed by atoms with Crippen LogP contribution in [0, 0.1) is 10.1 Å². The average Bonchev–Trinajstić information content (AvgIpc) is 3.17. The molecule has 0 aliphatic heterocycles. The Balaban J connectivity index is 2.05. The van der Waals surface area contributed by atoms with Crippen LogP contribution in [0.1, 0.15) is 34.8 Å². The van der Waals surface area contributed by atoms with Crippen molar-refractivity contribution in [1.82, 2.24) is 9.78 Å². The first-order chi connectivity index (χ1) is 9.58. The highest BCUT2D eigenvalue weighted by Crippen LogP contribution is 2.42. The summed E-state index contributed by atoms with van der Waals surface area (Å²) in [5.41, 5.74) is 1.49. The van der Waals surface area contributed by atoms with Gasteiger partial charge < -0.3 is 5.11 Å². The molecule has 102 valence electrons. The van der Waals surface area contributed by atoms with Gasteiger partial charge in [-0.2, -0.15) is 5.10 Å². The predicted molar refractivity (Wildman–Crippen MR) is 69.2 cm³/mol. The molecule has 1 aliphatic rings. The predicted octanol–water partition coefficient (Wildman–Crippen LogP) is 2.36. The highest BCUT2D eigenvalue weighted by molar-refractivity contribution is 5.89. The van der Waals surface area contributed by atoms with Crippen molar-refractivity contribution in [3.63, 3.8) is 0 Å². The molecule has 1 heterocycles. The van der Waals surface area contributed by atoms with Crippen LogP contribution in [0.3, 0.4) is 0 Å². The molecule has 7 heteroatoms. The number of carbonyl (C=O) groups is 1. The molecule has 1 aromatic heterocycles. The molecule has 0 saturated heterocycles. The number of non-ortho nitro benzene ring substituents is 1. The van der Waals surface area contributed by atoms with E-state index in [0.29, 0.717) is 11.4 Å². The number of rotatable bonds is 4. The van der Waals surface area contributed by atoms with Crippen LogP contribution in [0.25, 0.3) is 5.69 Å². The first kappa shape index (κ1) is 12.3. The quantitative estimate of drug-likeness (QED) is 0.681. The Labute approximate surface area is 113 Å². The van der Waals surface area contributed by atoms with E-state index in [2.05, 4.69) is 5.10 Å². The van der Waals surface area contributed by atoms with Gasteiger partial charge in [-0.3, -0.25) is 10.1 Å². The number of nitro groups is 1. The summed E-state index contributed by atoms with van der Waals surface area (Å²) in [6, 6.07) is 5.91. The fourth-order valence-electron chi connectivity index (χ4n) is 2.19. The van der Waals surface area contributed by atoms with E-state index in [1.54, 1.807) is 16.8 Å². The molecule has 1 saturated carbocycles. The van der Waals surface area contributed by atoms with Crippen LogP contribution in [-0.4, -0.2) is 25.8 Å². The fourth-order valence-corrected chi connectivity index (χ4v) is 2.19. The standard InChI is InChI=1S/C13H11N3O4/c17-13(18)11-7-14-15(12(11)8-1-2-8)9-3-5-10(6-4-9)16(19)20/h3-8H,1-2H2,(H,17,18). The Morgan fingerprint density at radius 3 is 2.50 bits per heavy atom. The van der Waals surface area contributed by atoms with Crippen LogP contribution in [0.4, 0.5) is 5.69 Å². The molecule has 1 fully saturated rings. The van der Waals surface area contributed by atoms with Gasteiger partial charge in [0.05, 0.1) is 22.5 Å². The molecule has 0 amide bonds. The van der Waals surface area contributed by atoms with Gasteiger partial charge in [-0.05, 0) is 25.0 Å². The van der Waals surface area contributed by atoms with Crippen molar-refractivity contribution in [2.24, 2.45) is 0 Å². The summed E-state index contributed by atoms with van der Waals surface area (Å²) in [7, 11) is 0. The smallest absolute Gasteiger partial charge is 0.339 e. The molecular weight excluding hydrogens is 262 g/mol. The summed E-state index contributed by atoms with van der Waals surface area (Å²) in [5.74, 6) is -0.793. The third kappa shape index (κ3) is 2.03. The van der Waals surface area contributed by atoms with Gasteiger partial charge in [-0.25, -0.2) is 9.48 Å². The van der Waals surface area contributed by atoms with Crippen molar-refractivity contribution in [3.8, 4) is 5.69 Å². The topological polar surface area (TPSA) is 98.3 Å². The second-order valence-corrected chi connectivity index (χ2v) is 4.71. The van der Waals surface area contributed by atoms with Crippen molar-refractivity contribution in [1.29, 1.82) is 0 Å². The third-order valence-corrected chi connectivity index (χ3v) is 3.31. The lowest BCUT2D eigenvalue weighted by molar-refractivity contribution is -0.384. The Hall–Kier alpha value is -2.70. The molecule has 2 aromatic rings. The zero-order chi connectivity index (χ0) is 14.3. The lowest BCUT2D eigenvalue weighted by Gasteiger charge is -2.07. The van der Waals surface area contributed by atoms with Gasteiger partial charge in [0.2, 0.25) is 0 Å². The summed E-state index contributed by atoms with van der Waals surface area (Å²) in [6.07, 6.45) is 3.22. The van der Waals surface area contributed by atoms with E-state index in [0.717, 1.165) is 12.8 Å². The lowest BCUT2D eigenvalue weighted by atomic mass is 10.1. The Morgan fingerprint density at radius 2 is 2.00 bits per heavy atom. The van der Waals surface area contributed by atoms with E-state index in [-0.39, 0.29) is 17.2 Å². The molecule has 3 rings (SSSR count). The van der Waals surface area contributed by atoms with Gasteiger partial charge >= 0.3 is 5.97 Å². The van der Waals surface area contributed by atoms with E-state index < -0.39 is 10.9 Å². The van der Waals surface area contributed by atoms with Gasteiger partial charge in [0.1, 0.15) is 5.56 Å². The number of nitro benzene ring substituents is 1. The van der Waals surface area contributed by atoms with Crippen molar-refractivity contribution in [3.05, 3.63) is 51.8 Å². The lowest BCUT2D eigenvalue weighted by Crippen LogP contribution is -2.05. The van der Waals surface area contributed by atoms with Gasteiger partial charge in [-0.1, -0.05) is 0 Å². The Morgan fingerprint density at radius 1 is 1.35 bits per heavy atom. The molecule has 7 nitrogen and oxygen atoms in total. The second-order valence-electron chi connectivity index (χ2n) is 4.71. The summed E-state index contributed by atoms with van der Waals surface area (Å²) >= 11 is 0. The van der Waals surface area contributed by atoms with Gasteiger partial charge in [-0.15, -0.1) is 0 Å². The maximum absolute atomic E-state index is 11.2. The molecule has 0 spiro atoms. The number of carboxylic acid groups (broad SMARTS) is 1. The minimum Gasteiger partial charge on any atom is -0.478 e. The summed E-state index contributed by atoms with van der Waals surface area (Å²) < 4.78 is 1.56. The first-order valence-electron chi connectivity index (χ1n) is 6.14. The third-order valence-electron chi connectivity index (χ3n) is 3.31. The largest absolute Gasteiger partial charge is 0.478 e. The summed E-state index contributed by atoms with van der Waals surface area (Å²) in [6.45, 7) is 0. The number of carboxylic acids is 1. The van der Waals surface area contributed by atoms with Crippen molar-refractivity contribution in [2.45, 2.75) is 18.8 Å². The summed E-state index contributed by atoms with van der Waals surface area (Å²) in [4.78, 5) is 21.4. The van der Waals surface area contributed by atoms with Crippen LogP contribution >= 0.6 is 0 Å². The van der Waals surface area contributed by atoms with Gasteiger partial charge in [0, 0.05) is 18.1 Å². The van der Waals surface area contributed by atoms with Crippen molar-refractivity contribution < 1.29 is 14.8 Å². The van der Waals surface area contributed by atoms with Gasteiger partial charge in [0.25, 0.3) is 5.69 Å². The Kier molecular flexibility index (Phi) is 2.74.